The average Bonchev–Trinajstić information content (AvgIpc) is 3.61. The molecule has 0 unspecified atom stereocenters. The van der Waals surface area contributed by atoms with Gasteiger partial charge in [-0.2, -0.15) is 0 Å². The first kappa shape index (κ1) is 30.0. The van der Waals surface area contributed by atoms with Gasteiger partial charge in [-0.1, -0.05) is 158 Å². The second-order valence-corrected chi connectivity index (χ2v) is 13.4. The van der Waals surface area contributed by atoms with Gasteiger partial charge in [0.15, 0.2) is 0 Å². The second-order valence-electron chi connectivity index (χ2n) is 13.4. The van der Waals surface area contributed by atoms with Crippen LogP contribution < -0.4 is 4.90 Å². The highest BCUT2D eigenvalue weighted by Crippen LogP contribution is 2.43. The molecule has 0 aliphatic heterocycles. The topological polar surface area (TPSA) is 16.4 Å². The summed E-state index contributed by atoms with van der Waals surface area (Å²) >= 11 is 0. The fourth-order valence-corrected chi connectivity index (χ4v) is 7.59. The minimum Gasteiger partial charge on any atom is -0.456 e. The molecule has 0 bridgehead atoms. The largest absolute Gasteiger partial charge is 0.456 e. The summed E-state index contributed by atoms with van der Waals surface area (Å²) in [4.78, 5) is 2.33. The number of rotatable bonds is 7. The van der Waals surface area contributed by atoms with Crippen LogP contribution in [0, 0.1) is 0 Å². The van der Waals surface area contributed by atoms with E-state index in [1.807, 2.05) is 0 Å². The van der Waals surface area contributed by atoms with Gasteiger partial charge in [-0.3, -0.25) is 0 Å². The Bertz CT molecular complexity index is 2650. The third-order valence-electron chi connectivity index (χ3n) is 10.2. The van der Waals surface area contributed by atoms with E-state index >= 15 is 0 Å². The lowest BCUT2D eigenvalue weighted by molar-refractivity contribution is 0.669. The molecule has 2 heteroatoms. The van der Waals surface area contributed by atoms with Crippen LogP contribution in [-0.4, -0.2) is 0 Å². The molecule has 0 spiro atoms. The highest BCUT2D eigenvalue weighted by molar-refractivity contribution is 6.22. The summed E-state index contributed by atoms with van der Waals surface area (Å²) < 4.78 is 6.49. The van der Waals surface area contributed by atoms with Crippen LogP contribution in [0.1, 0.15) is 0 Å². The van der Waals surface area contributed by atoms with Gasteiger partial charge in [-0.25, -0.2) is 0 Å². The molecule has 9 aromatic carbocycles. The fraction of sp³-hybridized carbons (Fsp3) is 0. The van der Waals surface area contributed by atoms with Crippen molar-refractivity contribution >= 4 is 49.8 Å². The number of benzene rings is 9. The van der Waals surface area contributed by atoms with Crippen molar-refractivity contribution in [2.45, 2.75) is 0 Å². The smallest absolute Gasteiger partial charge is 0.138 e. The van der Waals surface area contributed by atoms with E-state index in [0.717, 1.165) is 28.2 Å². The van der Waals surface area contributed by atoms with Crippen LogP contribution in [0.15, 0.2) is 205 Å². The molecule has 0 aliphatic rings. The summed E-state index contributed by atoms with van der Waals surface area (Å²) in [7, 11) is 0. The lowest BCUT2D eigenvalue weighted by Crippen LogP contribution is -2.10. The van der Waals surface area contributed by atoms with Crippen molar-refractivity contribution in [3.63, 3.8) is 0 Å². The molecule has 244 valence electrons. The van der Waals surface area contributed by atoms with Crippen molar-refractivity contribution in [2.24, 2.45) is 0 Å². The van der Waals surface area contributed by atoms with E-state index in [4.69, 9.17) is 4.42 Å². The number of anilines is 3. The average molecular weight is 664 g/mol. The molecule has 10 rings (SSSR count). The van der Waals surface area contributed by atoms with Gasteiger partial charge in [-0.15, -0.1) is 0 Å². The summed E-state index contributed by atoms with van der Waals surface area (Å²) in [6.07, 6.45) is 0. The van der Waals surface area contributed by atoms with E-state index in [2.05, 4.69) is 205 Å². The van der Waals surface area contributed by atoms with Gasteiger partial charge in [0.1, 0.15) is 11.2 Å². The van der Waals surface area contributed by atoms with Crippen LogP contribution in [0.2, 0.25) is 0 Å². The highest BCUT2D eigenvalue weighted by atomic mass is 16.3. The highest BCUT2D eigenvalue weighted by Gasteiger charge is 2.19. The summed E-state index contributed by atoms with van der Waals surface area (Å²) in [6, 6.07) is 71.6. The fourth-order valence-electron chi connectivity index (χ4n) is 7.59. The van der Waals surface area contributed by atoms with Crippen molar-refractivity contribution in [3.8, 4) is 44.5 Å². The molecule has 0 saturated carbocycles. The van der Waals surface area contributed by atoms with Crippen molar-refractivity contribution in [1.82, 2.24) is 0 Å². The van der Waals surface area contributed by atoms with Crippen LogP contribution >= 0.6 is 0 Å². The van der Waals surface area contributed by atoms with Gasteiger partial charge in [0.05, 0.1) is 5.69 Å². The molecule has 0 saturated heterocycles. The molecule has 52 heavy (non-hydrogen) atoms. The zero-order valence-corrected chi connectivity index (χ0v) is 28.4. The number of hydrogen-bond donors (Lipinski definition) is 0. The molecule has 2 nitrogen and oxygen atoms in total. The van der Waals surface area contributed by atoms with Crippen LogP contribution in [0.4, 0.5) is 17.1 Å². The van der Waals surface area contributed by atoms with E-state index < -0.39 is 0 Å². The summed E-state index contributed by atoms with van der Waals surface area (Å²) in [5.41, 5.74) is 14.6. The minimum atomic E-state index is 0.898. The van der Waals surface area contributed by atoms with Gasteiger partial charge in [0.25, 0.3) is 0 Å². The molecule has 0 amide bonds. The van der Waals surface area contributed by atoms with Gasteiger partial charge in [0, 0.05) is 28.2 Å². The zero-order valence-electron chi connectivity index (χ0n) is 28.4. The number of furan rings is 1. The normalized spacial score (nSPS) is 11.5. The van der Waals surface area contributed by atoms with E-state index in [0.29, 0.717) is 0 Å². The molecule has 0 fully saturated rings. The Morgan fingerprint density at radius 1 is 0.269 bits per heavy atom. The maximum Gasteiger partial charge on any atom is 0.138 e. The molecule has 10 aromatic rings. The first-order chi connectivity index (χ1) is 25.7. The quantitative estimate of drug-likeness (QED) is 0.158. The molecule has 0 N–H and O–H groups in total. The van der Waals surface area contributed by atoms with Crippen LogP contribution in [-0.2, 0) is 0 Å². The van der Waals surface area contributed by atoms with Crippen molar-refractivity contribution in [2.75, 3.05) is 4.90 Å². The molecular formula is C50H33NO. The van der Waals surface area contributed by atoms with Crippen molar-refractivity contribution < 1.29 is 4.42 Å². The Labute approximate surface area is 302 Å². The van der Waals surface area contributed by atoms with Crippen LogP contribution in [0.3, 0.4) is 0 Å². The second kappa shape index (κ2) is 12.5. The van der Waals surface area contributed by atoms with Gasteiger partial charge in [0.2, 0.25) is 0 Å². The zero-order chi connectivity index (χ0) is 34.4. The van der Waals surface area contributed by atoms with Crippen molar-refractivity contribution in [1.29, 1.82) is 0 Å². The molecule has 0 atom stereocenters. The van der Waals surface area contributed by atoms with Gasteiger partial charge in [-0.05, 0) is 91.7 Å². The van der Waals surface area contributed by atoms with E-state index in [-0.39, 0.29) is 0 Å². The lowest BCUT2D eigenvalue weighted by atomic mass is 9.99. The first-order valence-corrected chi connectivity index (χ1v) is 17.7. The molecule has 1 heterocycles. The third-order valence-corrected chi connectivity index (χ3v) is 10.2. The molecular weight excluding hydrogens is 631 g/mol. The van der Waals surface area contributed by atoms with Crippen LogP contribution in [0.25, 0.3) is 77.2 Å². The summed E-state index contributed by atoms with van der Waals surface area (Å²) in [5.74, 6) is 0. The molecule has 1 aromatic heterocycles. The van der Waals surface area contributed by atoms with E-state index in [9.17, 15) is 0 Å². The number of hydrogen-bond acceptors (Lipinski definition) is 2. The van der Waals surface area contributed by atoms with E-state index in [1.54, 1.807) is 0 Å². The van der Waals surface area contributed by atoms with Gasteiger partial charge >= 0.3 is 0 Å². The summed E-state index contributed by atoms with van der Waals surface area (Å²) in [6.45, 7) is 0. The van der Waals surface area contributed by atoms with Crippen LogP contribution in [0.5, 0.6) is 0 Å². The van der Waals surface area contributed by atoms with Gasteiger partial charge < -0.3 is 9.32 Å². The molecule has 0 radical (unpaired) electrons. The third kappa shape index (κ3) is 5.30. The Morgan fingerprint density at radius 2 is 0.673 bits per heavy atom. The predicted octanol–water partition coefficient (Wildman–Crippen LogP) is 14.3. The molecule has 0 aliphatic carbocycles. The van der Waals surface area contributed by atoms with E-state index in [1.165, 1.54) is 66.1 Å². The van der Waals surface area contributed by atoms with Crippen molar-refractivity contribution in [3.05, 3.63) is 200 Å². The lowest BCUT2D eigenvalue weighted by Gasteiger charge is -2.26. The first-order valence-electron chi connectivity index (χ1n) is 17.7. The SMILES string of the molecule is c1ccc(-c2ccc(-c3ccc(N(c4ccc(-c5ccc(-c6ccccc6)cc5)cc4)c4cc5ccc6cccc7oc(c4)c5c67)cc3)cc2)cc1. The Balaban J connectivity index is 1.03. The monoisotopic (exact) mass is 663 g/mol. The maximum absolute atomic E-state index is 6.49. The predicted molar refractivity (Wildman–Crippen MR) is 219 cm³/mol. The maximum atomic E-state index is 6.49. The Kier molecular flexibility index (Phi) is 7.18. The summed E-state index contributed by atoms with van der Waals surface area (Å²) in [5, 5.41) is 4.74. The Hall–Kier alpha value is -6.90. The standard InChI is InChI=1S/C50H33NO/c1-3-8-34(9-4-1)36-14-18-38(19-15-36)40-24-28-44(29-25-40)51(46-32-43-23-22-42-12-7-13-47-49(42)50(43)48(33-46)52-47)45-30-26-41(27-31-45)39-20-16-37(17-21-39)35-10-5-2-6-11-35/h1-33H. The minimum absolute atomic E-state index is 0.898. The number of nitrogens with zero attached hydrogens (tertiary/aromatic N) is 1. The Morgan fingerprint density at radius 3 is 1.15 bits per heavy atom.